The van der Waals surface area contributed by atoms with E-state index < -0.39 is 0 Å². The molecule has 0 unspecified atom stereocenters. The summed E-state index contributed by atoms with van der Waals surface area (Å²) in [7, 11) is 0. The minimum atomic E-state index is 0. The van der Waals surface area contributed by atoms with Crippen molar-refractivity contribution in [2.45, 2.75) is 25.8 Å². The number of H-pyrrole nitrogens is 1. The first-order valence-corrected chi connectivity index (χ1v) is 7.44. The van der Waals surface area contributed by atoms with Crippen LogP contribution < -0.4 is 11.1 Å². The number of benzene rings is 1. The van der Waals surface area contributed by atoms with E-state index >= 15 is 0 Å². The number of aliphatic imine (C=N–C) groups is 1. The molecule has 118 valence electrons. The topological polar surface area (TPSA) is 79.1 Å². The maximum absolute atomic E-state index is 5.86. The molecule has 0 saturated heterocycles. The molecule has 6 heteroatoms. The highest BCUT2D eigenvalue weighted by Gasteiger charge is 2.16. The molecule has 0 radical (unpaired) electrons. The molecular formula is C16H22IN5. The lowest BCUT2D eigenvalue weighted by Crippen LogP contribution is -2.37. The Bertz CT molecular complexity index is 604. The van der Waals surface area contributed by atoms with Gasteiger partial charge in [0, 0.05) is 6.54 Å². The van der Waals surface area contributed by atoms with Gasteiger partial charge in [0.2, 0.25) is 0 Å². The smallest absolute Gasteiger partial charge is 0.189 e. The van der Waals surface area contributed by atoms with Crippen LogP contribution in [0.2, 0.25) is 0 Å². The van der Waals surface area contributed by atoms with Crippen LogP contribution in [0.5, 0.6) is 0 Å². The molecule has 22 heavy (non-hydrogen) atoms. The number of rotatable bonds is 5. The lowest BCUT2D eigenvalue weighted by molar-refractivity contribution is 0.315. The van der Waals surface area contributed by atoms with Crippen LogP contribution in [0.25, 0.3) is 11.3 Å². The number of halogens is 1. The molecule has 3 rings (SSSR count). The molecule has 1 aliphatic rings. The maximum atomic E-state index is 5.86. The van der Waals surface area contributed by atoms with Crippen molar-refractivity contribution in [1.29, 1.82) is 0 Å². The largest absolute Gasteiger partial charge is 0.370 e. The van der Waals surface area contributed by atoms with Gasteiger partial charge in [-0.1, -0.05) is 36.8 Å². The maximum Gasteiger partial charge on any atom is 0.189 e. The van der Waals surface area contributed by atoms with E-state index in [1.807, 2.05) is 24.4 Å². The van der Waals surface area contributed by atoms with Gasteiger partial charge in [-0.25, -0.2) is 9.98 Å². The van der Waals surface area contributed by atoms with Crippen molar-refractivity contribution in [2.75, 3.05) is 6.54 Å². The van der Waals surface area contributed by atoms with E-state index in [0.717, 1.165) is 29.5 Å². The zero-order valence-corrected chi connectivity index (χ0v) is 14.8. The molecule has 4 N–H and O–H groups in total. The molecule has 5 nitrogen and oxygen atoms in total. The molecule has 1 aromatic carbocycles. The summed E-state index contributed by atoms with van der Waals surface area (Å²) in [5, 5.41) is 3.18. The van der Waals surface area contributed by atoms with Crippen molar-refractivity contribution in [2.24, 2.45) is 16.6 Å². The van der Waals surface area contributed by atoms with Gasteiger partial charge in [-0.15, -0.1) is 24.0 Å². The summed E-state index contributed by atoms with van der Waals surface area (Å²) in [6.07, 6.45) is 5.79. The quantitative estimate of drug-likeness (QED) is 0.402. The van der Waals surface area contributed by atoms with Gasteiger partial charge in [0.1, 0.15) is 12.4 Å². The normalized spacial score (nSPS) is 15.0. The first-order chi connectivity index (χ1) is 10.3. The number of aromatic amines is 1. The van der Waals surface area contributed by atoms with Gasteiger partial charge in [-0.2, -0.15) is 0 Å². The molecule has 1 aliphatic carbocycles. The lowest BCUT2D eigenvalue weighted by Gasteiger charge is -2.25. The number of nitrogens with zero attached hydrogens (tertiary/aromatic N) is 2. The first-order valence-electron chi connectivity index (χ1n) is 7.44. The van der Waals surface area contributed by atoms with E-state index in [-0.39, 0.29) is 24.0 Å². The second-order valence-electron chi connectivity index (χ2n) is 5.49. The van der Waals surface area contributed by atoms with Gasteiger partial charge in [0.15, 0.2) is 5.96 Å². The van der Waals surface area contributed by atoms with Gasteiger partial charge in [-0.05, 0) is 24.3 Å². The summed E-state index contributed by atoms with van der Waals surface area (Å²) in [6, 6.07) is 10.1. The molecular weight excluding hydrogens is 389 g/mol. The predicted octanol–water partition coefficient (Wildman–Crippen LogP) is 2.90. The molecule has 2 aromatic rings. The zero-order valence-electron chi connectivity index (χ0n) is 12.5. The summed E-state index contributed by atoms with van der Waals surface area (Å²) in [5.41, 5.74) is 7.99. The van der Waals surface area contributed by atoms with Gasteiger partial charge in [0.25, 0.3) is 0 Å². The van der Waals surface area contributed by atoms with Crippen LogP contribution >= 0.6 is 24.0 Å². The Hall–Kier alpha value is -1.57. The fourth-order valence-corrected chi connectivity index (χ4v) is 2.37. The monoisotopic (exact) mass is 411 g/mol. The molecule has 0 amide bonds. The lowest BCUT2D eigenvalue weighted by atomic mass is 9.85. The Morgan fingerprint density at radius 3 is 2.77 bits per heavy atom. The van der Waals surface area contributed by atoms with Crippen LogP contribution in [-0.2, 0) is 6.54 Å². The Morgan fingerprint density at radius 1 is 1.32 bits per heavy atom. The minimum absolute atomic E-state index is 0. The van der Waals surface area contributed by atoms with Gasteiger partial charge >= 0.3 is 0 Å². The molecule has 0 aliphatic heterocycles. The predicted molar refractivity (Wildman–Crippen MR) is 100 cm³/mol. The standard InChI is InChI=1S/C16H21N5.HI/c17-16(19-9-12-5-4-6-12)20-11-15-18-10-14(21-15)13-7-2-1-3-8-13;/h1-3,7-8,10,12H,4-6,9,11H2,(H,18,21)(H3,17,19,20);1H. The SMILES string of the molecule is I.NC(=NCc1ncc(-c2ccccc2)[nH]1)NCC1CCC1. The van der Waals surface area contributed by atoms with Crippen molar-refractivity contribution in [3.8, 4) is 11.3 Å². The number of nitrogens with one attached hydrogen (secondary N) is 2. The van der Waals surface area contributed by atoms with E-state index in [2.05, 4.69) is 32.4 Å². The van der Waals surface area contributed by atoms with Crippen LogP contribution in [0.15, 0.2) is 41.5 Å². The molecule has 1 saturated carbocycles. The summed E-state index contributed by atoms with van der Waals surface area (Å²) >= 11 is 0. The average Bonchev–Trinajstić information content (AvgIpc) is 2.93. The number of nitrogens with two attached hydrogens (primary N) is 1. The molecule has 1 fully saturated rings. The highest BCUT2D eigenvalue weighted by atomic mass is 127. The number of imidazole rings is 1. The summed E-state index contributed by atoms with van der Waals surface area (Å²) in [5.74, 6) is 2.09. The Balaban J connectivity index is 0.00000176. The van der Waals surface area contributed by atoms with Crippen molar-refractivity contribution in [3.05, 3.63) is 42.4 Å². The summed E-state index contributed by atoms with van der Waals surface area (Å²) < 4.78 is 0. The van der Waals surface area contributed by atoms with Crippen LogP contribution in [-0.4, -0.2) is 22.5 Å². The molecule has 1 heterocycles. The van der Waals surface area contributed by atoms with Crippen LogP contribution in [0.4, 0.5) is 0 Å². The van der Waals surface area contributed by atoms with Crippen molar-refractivity contribution >= 4 is 29.9 Å². The third-order valence-electron chi connectivity index (χ3n) is 3.91. The van der Waals surface area contributed by atoms with Gasteiger partial charge in [0.05, 0.1) is 11.9 Å². The van der Waals surface area contributed by atoms with E-state index in [0.29, 0.717) is 12.5 Å². The van der Waals surface area contributed by atoms with Crippen LogP contribution in [0, 0.1) is 5.92 Å². The first kappa shape index (κ1) is 16.8. The fraction of sp³-hybridized carbons (Fsp3) is 0.375. The van der Waals surface area contributed by atoms with Crippen molar-refractivity contribution in [3.63, 3.8) is 0 Å². The van der Waals surface area contributed by atoms with E-state index in [9.17, 15) is 0 Å². The third-order valence-corrected chi connectivity index (χ3v) is 3.91. The number of hydrogen-bond acceptors (Lipinski definition) is 2. The zero-order chi connectivity index (χ0) is 14.5. The average molecular weight is 411 g/mol. The Labute approximate surface area is 147 Å². The Kier molecular flexibility index (Phi) is 6.23. The second kappa shape index (κ2) is 8.17. The fourth-order valence-electron chi connectivity index (χ4n) is 2.37. The summed E-state index contributed by atoms with van der Waals surface area (Å²) in [4.78, 5) is 11.9. The summed E-state index contributed by atoms with van der Waals surface area (Å²) in [6.45, 7) is 1.40. The van der Waals surface area contributed by atoms with Crippen molar-refractivity contribution < 1.29 is 0 Å². The molecule has 1 aromatic heterocycles. The van der Waals surface area contributed by atoms with E-state index in [1.54, 1.807) is 0 Å². The van der Waals surface area contributed by atoms with Crippen LogP contribution in [0.1, 0.15) is 25.1 Å². The third kappa shape index (κ3) is 4.46. The molecule has 0 spiro atoms. The van der Waals surface area contributed by atoms with E-state index in [1.165, 1.54) is 19.3 Å². The second-order valence-corrected chi connectivity index (χ2v) is 5.49. The van der Waals surface area contributed by atoms with Gasteiger partial charge in [-0.3, -0.25) is 0 Å². The van der Waals surface area contributed by atoms with E-state index in [4.69, 9.17) is 5.73 Å². The highest BCUT2D eigenvalue weighted by Crippen LogP contribution is 2.25. The minimum Gasteiger partial charge on any atom is -0.370 e. The van der Waals surface area contributed by atoms with Gasteiger partial charge < -0.3 is 16.0 Å². The Morgan fingerprint density at radius 2 is 2.09 bits per heavy atom. The number of aromatic nitrogens is 2. The number of hydrogen-bond donors (Lipinski definition) is 3. The van der Waals surface area contributed by atoms with Crippen LogP contribution in [0.3, 0.4) is 0 Å². The molecule has 0 atom stereocenters. The number of guanidine groups is 1. The molecule has 0 bridgehead atoms. The highest BCUT2D eigenvalue weighted by molar-refractivity contribution is 14.0. The van der Waals surface area contributed by atoms with Crippen molar-refractivity contribution in [1.82, 2.24) is 15.3 Å².